The molecule has 0 N–H and O–H groups in total. The number of hydrogen-bond acceptors (Lipinski definition) is 2. The molecule has 0 saturated heterocycles. The van der Waals surface area contributed by atoms with Crippen molar-refractivity contribution in [3.05, 3.63) is 30.5 Å². The minimum absolute atomic E-state index is 1.26. The minimum Gasteiger partial charge on any atom is -0.128 e. The molecule has 0 aliphatic rings. The SMILES string of the molecule is [CH2]Sc1ccccc1SC. The van der Waals surface area contributed by atoms with Crippen molar-refractivity contribution in [2.24, 2.45) is 0 Å². The molecule has 0 saturated carbocycles. The van der Waals surface area contributed by atoms with Crippen LogP contribution in [0.1, 0.15) is 0 Å². The van der Waals surface area contributed by atoms with Gasteiger partial charge in [0.1, 0.15) is 0 Å². The quantitative estimate of drug-likeness (QED) is 0.623. The number of rotatable bonds is 2. The molecule has 53 valence electrons. The molecule has 0 bridgehead atoms. The van der Waals surface area contributed by atoms with Crippen molar-refractivity contribution in [2.75, 3.05) is 6.26 Å². The van der Waals surface area contributed by atoms with Crippen LogP contribution in [0.25, 0.3) is 0 Å². The Morgan fingerprint density at radius 1 is 1.20 bits per heavy atom. The smallest absolute Gasteiger partial charge is 0.0208 e. The molecule has 0 fully saturated rings. The zero-order valence-electron chi connectivity index (χ0n) is 5.83. The van der Waals surface area contributed by atoms with E-state index >= 15 is 0 Å². The van der Waals surface area contributed by atoms with Crippen molar-refractivity contribution in [2.45, 2.75) is 9.79 Å². The third-order valence-electron chi connectivity index (χ3n) is 1.22. The molecular weight excluding hydrogens is 160 g/mol. The number of thioether (sulfide) groups is 2. The largest absolute Gasteiger partial charge is 0.128 e. The van der Waals surface area contributed by atoms with E-state index in [4.69, 9.17) is 0 Å². The van der Waals surface area contributed by atoms with Gasteiger partial charge in [-0.15, -0.1) is 23.5 Å². The van der Waals surface area contributed by atoms with Crippen LogP contribution in [-0.4, -0.2) is 6.26 Å². The second-order valence-corrected chi connectivity index (χ2v) is 3.37. The van der Waals surface area contributed by atoms with Gasteiger partial charge in [-0.3, -0.25) is 0 Å². The van der Waals surface area contributed by atoms with Crippen LogP contribution >= 0.6 is 23.5 Å². The van der Waals surface area contributed by atoms with Crippen LogP contribution in [0.2, 0.25) is 0 Å². The standard InChI is InChI=1S/C8H9S2/c1-9-7-5-3-4-6-8(7)10-2/h3-6H,1H2,2H3. The first-order valence-corrected chi connectivity index (χ1v) is 5.14. The van der Waals surface area contributed by atoms with Crippen molar-refractivity contribution in [3.63, 3.8) is 0 Å². The molecule has 0 atom stereocenters. The molecule has 1 rings (SSSR count). The van der Waals surface area contributed by atoms with E-state index in [1.807, 2.05) is 12.1 Å². The van der Waals surface area contributed by atoms with Crippen LogP contribution in [0.3, 0.4) is 0 Å². The summed E-state index contributed by atoms with van der Waals surface area (Å²) in [5, 5.41) is 0. The molecule has 1 radical (unpaired) electrons. The molecule has 2 heteroatoms. The maximum absolute atomic E-state index is 3.77. The second-order valence-electron chi connectivity index (χ2n) is 1.80. The van der Waals surface area contributed by atoms with E-state index in [0.29, 0.717) is 0 Å². The van der Waals surface area contributed by atoms with E-state index in [1.165, 1.54) is 9.79 Å². The summed E-state index contributed by atoms with van der Waals surface area (Å²) >= 11 is 3.31. The van der Waals surface area contributed by atoms with Gasteiger partial charge in [-0.05, 0) is 18.4 Å². The Morgan fingerprint density at radius 2 is 1.80 bits per heavy atom. The van der Waals surface area contributed by atoms with Crippen LogP contribution in [-0.2, 0) is 0 Å². The van der Waals surface area contributed by atoms with Gasteiger partial charge in [0.25, 0.3) is 0 Å². The summed E-state index contributed by atoms with van der Waals surface area (Å²) in [6, 6.07) is 8.28. The highest BCUT2D eigenvalue weighted by Crippen LogP contribution is 2.27. The van der Waals surface area contributed by atoms with Crippen LogP contribution in [0, 0.1) is 6.26 Å². The van der Waals surface area contributed by atoms with Gasteiger partial charge in [-0.25, -0.2) is 0 Å². The summed E-state index contributed by atoms with van der Waals surface area (Å²) in [5.41, 5.74) is 0. The zero-order valence-corrected chi connectivity index (χ0v) is 7.47. The lowest BCUT2D eigenvalue weighted by molar-refractivity contribution is 1.26. The molecule has 10 heavy (non-hydrogen) atoms. The molecule has 0 aliphatic heterocycles. The van der Waals surface area contributed by atoms with Crippen molar-refractivity contribution < 1.29 is 0 Å². The van der Waals surface area contributed by atoms with Gasteiger partial charge in [-0.2, -0.15) is 0 Å². The predicted octanol–water partition coefficient (Wildman–Crippen LogP) is 3.29. The molecule has 0 heterocycles. The van der Waals surface area contributed by atoms with Gasteiger partial charge in [0.15, 0.2) is 0 Å². The fourth-order valence-electron chi connectivity index (χ4n) is 0.738. The average Bonchev–Trinajstić information content (AvgIpc) is 2.04. The van der Waals surface area contributed by atoms with Gasteiger partial charge < -0.3 is 0 Å². The topological polar surface area (TPSA) is 0 Å². The highest BCUT2D eigenvalue weighted by molar-refractivity contribution is 8.02. The lowest BCUT2D eigenvalue weighted by Crippen LogP contribution is -1.72. The van der Waals surface area contributed by atoms with E-state index in [9.17, 15) is 0 Å². The Hall–Kier alpha value is -0.0800. The molecule has 0 unspecified atom stereocenters. The lowest BCUT2D eigenvalue weighted by Gasteiger charge is -2.01. The van der Waals surface area contributed by atoms with Crippen molar-refractivity contribution in [1.29, 1.82) is 0 Å². The van der Waals surface area contributed by atoms with Crippen LogP contribution in [0.5, 0.6) is 0 Å². The first-order chi connectivity index (χ1) is 4.88. The van der Waals surface area contributed by atoms with Gasteiger partial charge in [0.2, 0.25) is 0 Å². The summed E-state index contributed by atoms with van der Waals surface area (Å²) in [6.45, 7) is 0. The summed E-state index contributed by atoms with van der Waals surface area (Å²) in [4.78, 5) is 2.57. The Kier molecular flexibility index (Phi) is 3.16. The van der Waals surface area contributed by atoms with Crippen molar-refractivity contribution in [3.8, 4) is 0 Å². The number of benzene rings is 1. The summed E-state index contributed by atoms with van der Waals surface area (Å²) in [7, 11) is 0. The third-order valence-corrected chi connectivity index (χ3v) is 2.82. The minimum atomic E-state index is 1.26. The van der Waals surface area contributed by atoms with Gasteiger partial charge in [-0.1, -0.05) is 12.1 Å². The van der Waals surface area contributed by atoms with Crippen molar-refractivity contribution in [1.82, 2.24) is 0 Å². The van der Waals surface area contributed by atoms with Gasteiger partial charge >= 0.3 is 0 Å². The van der Waals surface area contributed by atoms with E-state index in [0.717, 1.165) is 0 Å². The lowest BCUT2D eigenvalue weighted by atomic mass is 10.4. The molecule has 1 aromatic carbocycles. The Morgan fingerprint density at radius 3 is 2.20 bits per heavy atom. The van der Waals surface area contributed by atoms with Gasteiger partial charge in [0, 0.05) is 16.0 Å². The molecule has 0 nitrogen and oxygen atoms in total. The molecule has 0 aliphatic carbocycles. The molecule has 0 spiro atoms. The maximum atomic E-state index is 3.77. The first-order valence-electron chi connectivity index (χ1n) is 2.93. The van der Waals surface area contributed by atoms with Crippen LogP contribution < -0.4 is 0 Å². The molecule has 0 amide bonds. The zero-order chi connectivity index (χ0) is 7.40. The van der Waals surface area contributed by atoms with Crippen molar-refractivity contribution >= 4 is 23.5 Å². The average molecular weight is 169 g/mol. The van der Waals surface area contributed by atoms with Gasteiger partial charge in [0.05, 0.1) is 0 Å². The monoisotopic (exact) mass is 169 g/mol. The Bertz CT molecular complexity index is 185. The predicted molar refractivity (Wildman–Crippen MR) is 49.4 cm³/mol. The Balaban J connectivity index is 2.96. The Labute approximate surface area is 70.4 Å². The number of hydrogen-bond donors (Lipinski definition) is 0. The van der Waals surface area contributed by atoms with E-state index in [2.05, 4.69) is 24.6 Å². The summed E-state index contributed by atoms with van der Waals surface area (Å²) in [6.07, 6.45) is 5.85. The molecule has 1 aromatic rings. The van der Waals surface area contributed by atoms with E-state index in [1.54, 1.807) is 23.5 Å². The van der Waals surface area contributed by atoms with E-state index in [-0.39, 0.29) is 0 Å². The normalized spacial score (nSPS) is 9.80. The van der Waals surface area contributed by atoms with E-state index < -0.39 is 0 Å². The highest BCUT2D eigenvalue weighted by atomic mass is 32.2. The maximum Gasteiger partial charge on any atom is 0.0208 e. The first kappa shape index (κ1) is 8.02. The molecule has 0 aromatic heterocycles. The summed E-state index contributed by atoms with van der Waals surface area (Å²) in [5.74, 6) is 0. The molecular formula is C8H9S2. The highest BCUT2D eigenvalue weighted by Gasteiger charge is 1.95. The fraction of sp³-hybridized carbons (Fsp3) is 0.125. The summed E-state index contributed by atoms with van der Waals surface area (Å²) < 4.78 is 0. The van der Waals surface area contributed by atoms with Crippen LogP contribution in [0.4, 0.5) is 0 Å². The van der Waals surface area contributed by atoms with Crippen LogP contribution in [0.15, 0.2) is 34.1 Å². The third kappa shape index (κ3) is 1.70. The second kappa shape index (κ2) is 3.94. The fourth-order valence-corrected chi connectivity index (χ4v) is 2.03.